The number of nitrogens with zero attached hydrogens (tertiary/aromatic N) is 3. The predicted molar refractivity (Wildman–Crippen MR) is 108 cm³/mol. The van der Waals surface area contributed by atoms with Gasteiger partial charge < -0.3 is 4.74 Å². The summed E-state index contributed by atoms with van der Waals surface area (Å²) >= 11 is 0. The normalized spacial score (nSPS) is 30.2. The number of fused-ring (bicyclic) bond motifs is 1. The molecule has 0 aliphatic heterocycles. The summed E-state index contributed by atoms with van der Waals surface area (Å²) in [5.41, 5.74) is 3.69. The number of ether oxygens (including phenoxy) is 1. The Morgan fingerprint density at radius 3 is 2.27 bits per heavy atom. The van der Waals surface area contributed by atoms with E-state index < -0.39 is 8.07 Å². The number of methoxy groups -OCH3 is 1. The van der Waals surface area contributed by atoms with Crippen molar-refractivity contribution in [2.75, 3.05) is 7.11 Å². The predicted octanol–water partition coefficient (Wildman–Crippen LogP) is 4.25. The summed E-state index contributed by atoms with van der Waals surface area (Å²) < 4.78 is 8.00. The topological polar surface area (TPSA) is 39.9 Å². The Morgan fingerprint density at radius 1 is 1.04 bits per heavy atom. The minimum absolute atomic E-state index is 0.695. The molecule has 4 aliphatic rings. The van der Waals surface area contributed by atoms with Crippen molar-refractivity contribution in [3.8, 4) is 0 Å². The highest BCUT2D eigenvalue weighted by atomic mass is 28.3. The molecule has 0 radical (unpaired) electrons. The Labute approximate surface area is 156 Å². The van der Waals surface area contributed by atoms with Crippen molar-refractivity contribution in [1.29, 1.82) is 0 Å². The van der Waals surface area contributed by atoms with Crippen LogP contribution in [0, 0.1) is 23.7 Å². The van der Waals surface area contributed by atoms with Crippen molar-refractivity contribution in [3.63, 3.8) is 0 Å². The number of rotatable bonds is 3. The van der Waals surface area contributed by atoms with Crippen LogP contribution in [0.2, 0.25) is 19.6 Å². The van der Waals surface area contributed by atoms with Gasteiger partial charge in [-0.1, -0.05) is 37.0 Å². The summed E-state index contributed by atoms with van der Waals surface area (Å²) in [5.74, 6) is 4.26. The Kier molecular flexibility index (Phi) is 3.62. The molecule has 1 heterocycles. The van der Waals surface area contributed by atoms with Crippen molar-refractivity contribution in [1.82, 2.24) is 15.0 Å². The van der Waals surface area contributed by atoms with E-state index in [1.165, 1.54) is 42.9 Å². The molecule has 6 rings (SSSR count). The number of hydrogen-bond acceptors (Lipinski definition) is 3. The lowest BCUT2D eigenvalue weighted by Crippen LogP contribution is -2.41. The van der Waals surface area contributed by atoms with Crippen molar-refractivity contribution in [2.24, 2.45) is 23.7 Å². The van der Waals surface area contributed by atoms with E-state index >= 15 is 0 Å². The first-order chi connectivity index (χ1) is 12.5. The molecule has 0 saturated heterocycles. The molecule has 4 nitrogen and oxygen atoms in total. The number of allylic oxidation sites excluding steroid dienone is 1. The molecule has 0 atom stereocenters. The SMILES string of the molecule is COC(=C1C2CC3CC(C2)CC1C3)n1nnc2c([Si](C)(C)C)cccc21. The van der Waals surface area contributed by atoms with E-state index in [4.69, 9.17) is 4.74 Å². The summed E-state index contributed by atoms with van der Waals surface area (Å²) in [7, 11) is 0.341. The fraction of sp³-hybridized carbons (Fsp3) is 0.619. The van der Waals surface area contributed by atoms with Crippen LogP contribution in [-0.4, -0.2) is 30.2 Å². The number of aromatic nitrogens is 3. The second kappa shape index (κ2) is 5.68. The lowest BCUT2D eigenvalue weighted by Gasteiger charge is -2.51. The summed E-state index contributed by atoms with van der Waals surface area (Å²) in [6.07, 6.45) is 6.86. The minimum Gasteiger partial charge on any atom is -0.481 e. The van der Waals surface area contributed by atoms with Crippen LogP contribution in [0.3, 0.4) is 0 Å². The van der Waals surface area contributed by atoms with Gasteiger partial charge in [0.2, 0.25) is 5.88 Å². The van der Waals surface area contributed by atoms with E-state index in [-0.39, 0.29) is 0 Å². The van der Waals surface area contributed by atoms with E-state index in [0.717, 1.165) is 28.8 Å². The third-order valence-electron chi connectivity index (χ3n) is 6.94. The van der Waals surface area contributed by atoms with E-state index in [1.807, 2.05) is 11.8 Å². The van der Waals surface area contributed by atoms with Gasteiger partial charge in [0.1, 0.15) is 5.52 Å². The van der Waals surface area contributed by atoms with E-state index in [1.54, 1.807) is 0 Å². The maximum atomic E-state index is 6.01. The van der Waals surface area contributed by atoms with Crippen LogP contribution < -0.4 is 5.19 Å². The highest BCUT2D eigenvalue weighted by Crippen LogP contribution is 2.57. The minimum atomic E-state index is -1.47. The van der Waals surface area contributed by atoms with Crippen molar-refractivity contribution < 1.29 is 4.74 Å². The molecule has 4 aliphatic carbocycles. The first-order valence-electron chi connectivity index (χ1n) is 10.1. The van der Waals surface area contributed by atoms with Crippen LogP contribution in [0.25, 0.3) is 16.9 Å². The molecule has 1 aromatic carbocycles. The molecular weight excluding hydrogens is 338 g/mol. The molecule has 138 valence electrons. The zero-order valence-electron chi connectivity index (χ0n) is 16.3. The number of hydrogen-bond donors (Lipinski definition) is 0. The first-order valence-corrected chi connectivity index (χ1v) is 13.6. The van der Waals surface area contributed by atoms with Crippen LogP contribution in [0.4, 0.5) is 0 Å². The fourth-order valence-electron chi connectivity index (χ4n) is 6.07. The maximum Gasteiger partial charge on any atom is 0.215 e. The molecule has 0 N–H and O–H groups in total. The van der Waals surface area contributed by atoms with Gasteiger partial charge in [-0.2, -0.15) is 4.68 Å². The molecule has 5 heteroatoms. The van der Waals surface area contributed by atoms with Gasteiger partial charge in [-0.05, 0) is 72.6 Å². The van der Waals surface area contributed by atoms with Crippen molar-refractivity contribution >= 4 is 30.2 Å². The second-order valence-electron chi connectivity index (χ2n) is 9.69. The summed E-state index contributed by atoms with van der Waals surface area (Å²) in [4.78, 5) is 0. The Morgan fingerprint density at radius 2 is 1.69 bits per heavy atom. The zero-order chi connectivity index (χ0) is 18.1. The third kappa shape index (κ3) is 2.39. The Hall–Kier alpha value is -1.62. The first kappa shape index (κ1) is 16.5. The van der Waals surface area contributed by atoms with Crippen molar-refractivity contribution in [2.45, 2.75) is 51.7 Å². The van der Waals surface area contributed by atoms with E-state index in [0.29, 0.717) is 11.8 Å². The van der Waals surface area contributed by atoms with Crippen LogP contribution in [0.5, 0.6) is 0 Å². The lowest BCUT2D eigenvalue weighted by molar-refractivity contribution is 0.0662. The van der Waals surface area contributed by atoms with Crippen LogP contribution in [0.15, 0.2) is 23.8 Å². The highest BCUT2D eigenvalue weighted by Gasteiger charge is 2.47. The Bertz CT molecular complexity index is 862. The van der Waals surface area contributed by atoms with Gasteiger partial charge in [-0.25, -0.2) is 0 Å². The summed E-state index contributed by atoms with van der Waals surface area (Å²) in [6, 6.07) is 6.54. The average molecular weight is 368 g/mol. The molecule has 1 aromatic heterocycles. The van der Waals surface area contributed by atoms with Crippen LogP contribution >= 0.6 is 0 Å². The van der Waals surface area contributed by atoms with E-state index in [9.17, 15) is 0 Å². The smallest absolute Gasteiger partial charge is 0.215 e. The average Bonchev–Trinajstić information content (AvgIpc) is 3.00. The third-order valence-corrected chi connectivity index (χ3v) is 8.95. The Balaban J connectivity index is 1.67. The number of benzene rings is 1. The zero-order valence-corrected chi connectivity index (χ0v) is 17.3. The van der Waals surface area contributed by atoms with Gasteiger partial charge in [0.25, 0.3) is 0 Å². The van der Waals surface area contributed by atoms with Gasteiger partial charge >= 0.3 is 0 Å². The van der Waals surface area contributed by atoms with Gasteiger partial charge in [0, 0.05) is 0 Å². The standard InChI is InChI=1S/C21H29N3OSi/c1-25-21(19-15-9-13-8-14(11-15)12-16(19)10-13)24-17-6-5-7-18(26(2,3)4)20(17)22-23-24/h5-7,13-16H,8-12H2,1-4H3. The molecular formula is C21H29N3OSi. The monoisotopic (exact) mass is 367 g/mol. The quantitative estimate of drug-likeness (QED) is 0.601. The molecule has 4 fully saturated rings. The molecule has 0 amide bonds. The van der Waals surface area contributed by atoms with Gasteiger partial charge in [0.15, 0.2) is 0 Å². The van der Waals surface area contributed by atoms with E-state index in [2.05, 4.69) is 48.2 Å². The largest absolute Gasteiger partial charge is 0.481 e. The summed E-state index contributed by atoms with van der Waals surface area (Å²) in [5, 5.41) is 10.6. The molecule has 4 saturated carbocycles. The molecule has 26 heavy (non-hydrogen) atoms. The molecule has 4 bridgehead atoms. The fourth-order valence-corrected chi connectivity index (χ4v) is 7.55. The van der Waals surface area contributed by atoms with Crippen LogP contribution in [0.1, 0.15) is 32.1 Å². The highest BCUT2D eigenvalue weighted by molar-refractivity contribution is 6.90. The molecule has 0 spiro atoms. The maximum absolute atomic E-state index is 6.01. The second-order valence-corrected chi connectivity index (χ2v) is 14.7. The van der Waals surface area contributed by atoms with Gasteiger partial charge in [-0.3, -0.25) is 0 Å². The van der Waals surface area contributed by atoms with Gasteiger partial charge in [0.05, 0.1) is 20.7 Å². The summed E-state index contributed by atoms with van der Waals surface area (Å²) in [6.45, 7) is 7.11. The van der Waals surface area contributed by atoms with Gasteiger partial charge in [-0.15, -0.1) is 5.10 Å². The molecule has 0 unspecified atom stereocenters. The molecule has 2 aromatic rings. The van der Waals surface area contributed by atoms with Crippen molar-refractivity contribution in [3.05, 3.63) is 23.8 Å². The lowest BCUT2D eigenvalue weighted by atomic mass is 9.54. The van der Waals surface area contributed by atoms with Crippen LogP contribution in [-0.2, 0) is 4.74 Å².